The Labute approximate surface area is 237 Å². The van der Waals surface area contributed by atoms with Gasteiger partial charge in [0.25, 0.3) is 5.91 Å². The lowest BCUT2D eigenvalue weighted by molar-refractivity contribution is -0.143. The smallest absolute Gasteiger partial charge is 0.250 e. The number of carbonyl (C=O) groups is 2. The summed E-state index contributed by atoms with van der Waals surface area (Å²) in [6, 6.07) is 16.9. The van der Waals surface area contributed by atoms with Crippen LogP contribution in [0.4, 0.5) is 0 Å². The standard InChI is InChI=1S/C29H31ClN6O4/c1-39-23-15-13-20(14-16-23)28-32-34-36(33-28)19-26(37)35(18-21-8-5-6-11-24(21)30)27(25-12-7-17-40-25)29(38)31-22-9-3-2-4-10-22/h5-8,11-17,22,27H,2-4,9-10,18-19H2,1H3,(H,31,38)/t27-/m1/s1. The maximum Gasteiger partial charge on any atom is 0.250 e. The number of amides is 2. The number of halogens is 1. The first-order valence-electron chi connectivity index (χ1n) is 13.3. The van der Waals surface area contributed by atoms with Gasteiger partial charge in [-0.15, -0.1) is 10.2 Å². The van der Waals surface area contributed by atoms with Crippen molar-refractivity contribution in [1.29, 1.82) is 0 Å². The Morgan fingerprint density at radius 2 is 1.88 bits per heavy atom. The molecule has 2 heterocycles. The highest BCUT2D eigenvalue weighted by Gasteiger charge is 2.35. The van der Waals surface area contributed by atoms with E-state index in [9.17, 15) is 9.59 Å². The first kappa shape index (κ1) is 27.4. The van der Waals surface area contributed by atoms with Crippen molar-refractivity contribution >= 4 is 23.4 Å². The predicted molar refractivity (Wildman–Crippen MR) is 148 cm³/mol. The third-order valence-corrected chi connectivity index (χ3v) is 7.39. The number of benzene rings is 2. The fourth-order valence-electron chi connectivity index (χ4n) is 4.91. The highest BCUT2D eigenvalue weighted by Crippen LogP contribution is 2.28. The van der Waals surface area contributed by atoms with Crippen molar-refractivity contribution in [1.82, 2.24) is 30.4 Å². The molecule has 1 saturated carbocycles. The molecule has 0 aliphatic heterocycles. The second-order valence-corrected chi connectivity index (χ2v) is 10.2. The van der Waals surface area contributed by atoms with Gasteiger partial charge >= 0.3 is 0 Å². The SMILES string of the molecule is COc1ccc(-c2nnn(CC(=O)N(Cc3ccccc3Cl)[C@@H](C(=O)NC3CCCCC3)c3ccco3)n2)cc1. The van der Waals surface area contributed by atoms with E-state index < -0.39 is 11.9 Å². The van der Waals surface area contributed by atoms with Gasteiger partial charge in [-0.05, 0) is 66.1 Å². The number of nitrogens with zero attached hydrogens (tertiary/aromatic N) is 5. The molecule has 0 unspecified atom stereocenters. The summed E-state index contributed by atoms with van der Waals surface area (Å²) in [5, 5.41) is 16.2. The van der Waals surface area contributed by atoms with Crippen LogP contribution in [-0.2, 0) is 22.7 Å². The van der Waals surface area contributed by atoms with E-state index in [4.69, 9.17) is 20.8 Å². The molecule has 11 heteroatoms. The Morgan fingerprint density at radius 3 is 2.58 bits per heavy atom. The third-order valence-electron chi connectivity index (χ3n) is 7.02. The quantitative estimate of drug-likeness (QED) is 0.295. The van der Waals surface area contributed by atoms with Gasteiger partial charge < -0.3 is 19.4 Å². The van der Waals surface area contributed by atoms with Crippen LogP contribution >= 0.6 is 11.6 Å². The lowest BCUT2D eigenvalue weighted by Gasteiger charge is -2.32. The van der Waals surface area contributed by atoms with Crippen molar-refractivity contribution in [2.24, 2.45) is 0 Å². The molecule has 2 aromatic heterocycles. The van der Waals surface area contributed by atoms with Crippen molar-refractivity contribution in [3.8, 4) is 17.1 Å². The van der Waals surface area contributed by atoms with Crippen LogP contribution in [0.1, 0.15) is 49.5 Å². The van der Waals surface area contributed by atoms with Gasteiger partial charge in [0.1, 0.15) is 18.1 Å². The second kappa shape index (κ2) is 12.8. The molecular formula is C29H31ClN6O4. The molecule has 0 bridgehead atoms. The van der Waals surface area contributed by atoms with Crippen LogP contribution in [-0.4, -0.2) is 50.1 Å². The van der Waals surface area contributed by atoms with Gasteiger partial charge in [-0.25, -0.2) is 0 Å². The first-order chi connectivity index (χ1) is 19.5. The summed E-state index contributed by atoms with van der Waals surface area (Å²) in [5.41, 5.74) is 1.43. The number of hydrogen-bond acceptors (Lipinski definition) is 7. The zero-order valence-corrected chi connectivity index (χ0v) is 23.0. The Bertz CT molecular complexity index is 1420. The molecule has 0 radical (unpaired) electrons. The van der Waals surface area contributed by atoms with E-state index in [0.717, 1.165) is 37.7 Å². The lowest BCUT2D eigenvalue weighted by Crippen LogP contribution is -2.47. The van der Waals surface area contributed by atoms with E-state index in [2.05, 4.69) is 20.7 Å². The summed E-state index contributed by atoms with van der Waals surface area (Å²) < 4.78 is 10.9. The maximum atomic E-state index is 13.9. The van der Waals surface area contributed by atoms with Crippen LogP contribution in [0.15, 0.2) is 71.3 Å². The van der Waals surface area contributed by atoms with Crippen molar-refractivity contribution < 1.29 is 18.7 Å². The number of carbonyl (C=O) groups excluding carboxylic acids is 2. The number of ether oxygens (including phenoxy) is 1. The number of tetrazole rings is 1. The molecule has 40 heavy (non-hydrogen) atoms. The number of furan rings is 1. The molecule has 0 saturated heterocycles. The maximum absolute atomic E-state index is 13.9. The molecule has 0 spiro atoms. The minimum Gasteiger partial charge on any atom is -0.497 e. The molecule has 1 aliphatic rings. The van der Waals surface area contributed by atoms with Gasteiger partial charge in [-0.1, -0.05) is 49.1 Å². The monoisotopic (exact) mass is 562 g/mol. The molecule has 10 nitrogen and oxygen atoms in total. The fraction of sp³-hybridized carbons (Fsp3) is 0.345. The van der Waals surface area contributed by atoms with E-state index >= 15 is 0 Å². The fourth-order valence-corrected chi connectivity index (χ4v) is 5.10. The average molecular weight is 563 g/mol. The molecule has 5 rings (SSSR count). The van der Waals surface area contributed by atoms with Gasteiger partial charge in [-0.3, -0.25) is 9.59 Å². The van der Waals surface area contributed by atoms with Crippen molar-refractivity contribution in [2.75, 3.05) is 7.11 Å². The Hall–Kier alpha value is -4.18. The molecule has 208 valence electrons. The molecule has 1 atom stereocenters. The van der Waals surface area contributed by atoms with Crippen LogP contribution in [0.3, 0.4) is 0 Å². The Kier molecular flexibility index (Phi) is 8.75. The van der Waals surface area contributed by atoms with E-state index in [0.29, 0.717) is 27.9 Å². The van der Waals surface area contributed by atoms with Gasteiger partial charge in [0, 0.05) is 23.2 Å². The zero-order chi connectivity index (χ0) is 27.9. The predicted octanol–water partition coefficient (Wildman–Crippen LogP) is 4.81. The molecule has 4 aromatic rings. The second-order valence-electron chi connectivity index (χ2n) is 9.75. The van der Waals surface area contributed by atoms with Crippen LogP contribution < -0.4 is 10.1 Å². The van der Waals surface area contributed by atoms with Crippen molar-refractivity contribution in [3.63, 3.8) is 0 Å². The first-order valence-corrected chi connectivity index (χ1v) is 13.7. The highest BCUT2D eigenvalue weighted by molar-refractivity contribution is 6.31. The minimum atomic E-state index is -1.01. The Morgan fingerprint density at radius 1 is 1.10 bits per heavy atom. The molecule has 2 aromatic carbocycles. The van der Waals surface area contributed by atoms with Gasteiger partial charge in [0.15, 0.2) is 6.04 Å². The van der Waals surface area contributed by atoms with Crippen LogP contribution in [0, 0.1) is 0 Å². The molecular weight excluding hydrogens is 532 g/mol. The molecule has 1 fully saturated rings. The number of rotatable bonds is 10. The number of aromatic nitrogens is 4. The summed E-state index contributed by atoms with van der Waals surface area (Å²) in [6.45, 7) is -0.149. The van der Waals surface area contributed by atoms with Gasteiger partial charge in [0.2, 0.25) is 11.7 Å². The van der Waals surface area contributed by atoms with Crippen molar-refractivity contribution in [2.45, 2.75) is 57.3 Å². The largest absolute Gasteiger partial charge is 0.497 e. The number of methoxy groups -OCH3 is 1. The van der Waals surface area contributed by atoms with Crippen LogP contribution in [0.5, 0.6) is 5.75 Å². The molecule has 1 N–H and O–H groups in total. The topological polar surface area (TPSA) is 115 Å². The highest BCUT2D eigenvalue weighted by atomic mass is 35.5. The Balaban J connectivity index is 1.43. The van der Waals surface area contributed by atoms with Gasteiger partial charge in [0.05, 0.1) is 13.4 Å². The minimum absolute atomic E-state index is 0.0556. The summed E-state index contributed by atoms with van der Waals surface area (Å²) in [6.07, 6.45) is 6.60. The number of hydrogen-bond donors (Lipinski definition) is 1. The van der Waals surface area contributed by atoms with E-state index in [1.165, 1.54) is 16.0 Å². The lowest BCUT2D eigenvalue weighted by atomic mass is 9.95. The van der Waals surface area contributed by atoms with E-state index in [1.807, 2.05) is 30.3 Å². The summed E-state index contributed by atoms with van der Waals surface area (Å²) >= 11 is 6.48. The van der Waals surface area contributed by atoms with Crippen molar-refractivity contribution in [3.05, 3.63) is 83.3 Å². The van der Waals surface area contributed by atoms with E-state index in [-0.39, 0.29) is 25.0 Å². The van der Waals surface area contributed by atoms with Gasteiger partial charge in [-0.2, -0.15) is 4.80 Å². The summed E-state index contributed by atoms with van der Waals surface area (Å²) in [7, 11) is 1.59. The molecule has 2 amide bonds. The van der Waals surface area contributed by atoms with Crippen LogP contribution in [0.25, 0.3) is 11.4 Å². The summed E-state index contributed by atoms with van der Waals surface area (Å²) in [5.74, 6) is 0.744. The summed E-state index contributed by atoms with van der Waals surface area (Å²) in [4.78, 5) is 30.4. The van der Waals surface area contributed by atoms with Crippen LogP contribution in [0.2, 0.25) is 5.02 Å². The molecule has 1 aliphatic carbocycles. The normalized spacial score (nSPS) is 14.4. The zero-order valence-electron chi connectivity index (χ0n) is 22.2. The van der Waals surface area contributed by atoms with E-state index in [1.54, 1.807) is 37.4 Å². The number of nitrogens with one attached hydrogen (secondary N) is 1. The third kappa shape index (κ3) is 6.51. The average Bonchev–Trinajstić information content (AvgIpc) is 3.67.